The highest BCUT2D eigenvalue weighted by atomic mass is 32.1. The van der Waals surface area contributed by atoms with Crippen LogP contribution in [0.4, 0.5) is 11.8 Å². The third-order valence-corrected chi connectivity index (χ3v) is 4.41. The van der Waals surface area contributed by atoms with Gasteiger partial charge in [-0.25, -0.2) is 4.98 Å². The van der Waals surface area contributed by atoms with Crippen molar-refractivity contribution < 1.29 is 5.11 Å². The van der Waals surface area contributed by atoms with E-state index in [4.69, 9.17) is 5.73 Å². The lowest BCUT2D eigenvalue weighted by atomic mass is 10.2. The second-order valence-corrected chi connectivity index (χ2v) is 5.87. The molecule has 6 heteroatoms. The number of aliphatic hydroxyl groups is 1. The van der Waals surface area contributed by atoms with Crippen LogP contribution in [0.5, 0.6) is 0 Å². The average molecular weight is 294 g/mol. The number of aryl methyl sites for hydroxylation is 1. The van der Waals surface area contributed by atoms with Crippen molar-refractivity contribution in [3.8, 4) is 0 Å². The molecule has 2 rings (SSSR count). The Balaban J connectivity index is 2.45. The summed E-state index contributed by atoms with van der Waals surface area (Å²) in [6.45, 7) is 5.84. The highest BCUT2D eigenvalue weighted by molar-refractivity contribution is 7.18. The van der Waals surface area contributed by atoms with E-state index in [1.54, 1.807) is 11.3 Å². The van der Waals surface area contributed by atoms with Gasteiger partial charge in [-0.3, -0.25) is 0 Å². The Morgan fingerprint density at radius 1 is 1.30 bits per heavy atom. The van der Waals surface area contributed by atoms with Gasteiger partial charge in [-0.2, -0.15) is 4.98 Å². The minimum absolute atomic E-state index is 0.111. The van der Waals surface area contributed by atoms with Crippen molar-refractivity contribution in [1.29, 1.82) is 0 Å². The van der Waals surface area contributed by atoms with E-state index in [0.717, 1.165) is 41.8 Å². The summed E-state index contributed by atoms with van der Waals surface area (Å²) in [4.78, 5) is 13.1. The molecule has 0 saturated heterocycles. The van der Waals surface area contributed by atoms with Gasteiger partial charge in [0.15, 0.2) is 0 Å². The Hall–Kier alpha value is -1.40. The number of aromatic nitrogens is 2. The SMILES string of the molecule is CCCCN(CCO)c1nc(N)nc2sc(CC)cc12. The van der Waals surface area contributed by atoms with Gasteiger partial charge in [0.05, 0.1) is 12.0 Å². The number of nitrogens with zero attached hydrogens (tertiary/aromatic N) is 3. The van der Waals surface area contributed by atoms with Crippen LogP contribution in [0.15, 0.2) is 6.07 Å². The Bertz CT molecular complexity index is 570. The number of anilines is 2. The van der Waals surface area contributed by atoms with Crippen LogP contribution in [0.3, 0.4) is 0 Å². The minimum Gasteiger partial charge on any atom is -0.395 e. The molecular weight excluding hydrogens is 272 g/mol. The van der Waals surface area contributed by atoms with Crippen LogP contribution in [0.2, 0.25) is 0 Å². The number of hydrogen-bond donors (Lipinski definition) is 2. The maximum atomic E-state index is 9.28. The summed E-state index contributed by atoms with van der Waals surface area (Å²) in [7, 11) is 0. The molecule has 0 aliphatic rings. The number of nitrogen functional groups attached to an aromatic ring is 1. The van der Waals surface area contributed by atoms with Crippen LogP contribution < -0.4 is 10.6 Å². The minimum atomic E-state index is 0.111. The quantitative estimate of drug-likeness (QED) is 0.820. The van der Waals surface area contributed by atoms with Gasteiger partial charge >= 0.3 is 0 Å². The molecule has 2 aromatic heterocycles. The van der Waals surface area contributed by atoms with Crippen LogP contribution >= 0.6 is 11.3 Å². The molecule has 0 saturated carbocycles. The average Bonchev–Trinajstić information content (AvgIpc) is 2.85. The highest BCUT2D eigenvalue weighted by Gasteiger charge is 2.15. The van der Waals surface area contributed by atoms with Gasteiger partial charge in [-0.1, -0.05) is 20.3 Å². The first-order valence-corrected chi connectivity index (χ1v) is 7.93. The molecule has 110 valence electrons. The smallest absolute Gasteiger partial charge is 0.223 e. The predicted octanol–water partition coefficient (Wildman–Crippen LogP) is 2.43. The molecule has 0 aliphatic heterocycles. The van der Waals surface area contributed by atoms with Crippen molar-refractivity contribution in [3.05, 3.63) is 10.9 Å². The molecule has 0 atom stereocenters. The lowest BCUT2D eigenvalue weighted by Gasteiger charge is -2.23. The molecule has 0 amide bonds. The molecule has 0 unspecified atom stereocenters. The second-order valence-electron chi connectivity index (χ2n) is 4.75. The topological polar surface area (TPSA) is 75.3 Å². The first-order chi connectivity index (χ1) is 9.69. The van der Waals surface area contributed by atoms with E-state index >= 15 is 0 Å². The number of hydrogen-bond acceptors (Lipinski definition) is 6. The first-order valence-electron chi connectivity index (χ1n) is 7.11. The molecule has 0 bridgehead atoms. The van der Waals surface area contributed by atoms with Gasteiger partial charge in [-0.05, 0) is 18.9 Å². The molecule has 2 heterocycles. The van der Waals surface area contributed by atoms with E-state index in [0.29, 0.717) is 12.5 Å². The summed E-state index contributed by atoms with van der Waals surface area (Å²) in [5, 5.41) is 10.3. The molecule has 3 N–H and O–H groups in total. The molecule has 0 spiro atoms. The highest BCUT2D eigenvalue weighted by Crippen LogP contribution is 2.31. The third kappa shape index (κ3) is 3.19. The number of aliphatic hydroxyl groups excluding tert-OH is 1. The number of nitrogens with two attached hydrogens (primary N) is 1. The Kier molecular flexibility index (Phi) is 5.14. The molecule has 20 heavy (non-hydrogen) atoms. The van der Waals surface area contributed by atoms with E-state index in [1.807, 2.05) is 0 Å². The number of fused-ring (bicyclic) bond motifs is 1. The summed E-state index contributed by atoms with van der Waals surface area (Å²) < 4.78 is 0. The summed E-state index contributed by atoms with van der Waals surface area (Å²) >= 11 is 1.66. The van der Waals surface area contributed by atoms with E-state index < -0.39 is 0 Å². The number of unbranched alkanes of at least 4 members (excludes halogenated alkanes) is 1. The zero-order valence-electron chi connectivity index (χ0n) is 12.1. The van der Waals surface area contributed by atoms with Crippen molar-refractivity contribution in [2.45, 2.75) is 33.1 Å². The Morgan fingerprint density at radius 2 is 2.10 bits per heavy atom. The second kappa shape index (κ2) is 6.85. The van der Waals surface area contributed by atoms with Gasteiger partial charge in [0.2, 0.25) is 5.95 Å². The summed E-state index contributed by atoms with van der Waals surface area (Å²) in [6.07, 6.45) is 3.15. The fourth-order valence-electron chi connectivity index (χ4n) is 2.18. The maximum absolute atomic E-state index is 9.28. The lowest BCUT2D eigenvalue weighted by Crippen LogP contribution is -2.29. The van der Waals surface area contributed by atoms with Crippen molar-refractivity contribution in [3.63, 3.8) is 0 Å². The molecule has 0 radical (unpaired) electrons. The van der Waals surface area contributed by atoms with Gasteiger partial charge in [0.1, 0.15) is 10.6 Å². The fourth-order valence-corrected chi connectivity index (χ4v) is 3.15. The summed E-state index contributed by atoms with van der Waals surface area (Å²) in [6, 6.07) is 2.14. The molecule has 5 nitrogen and oxygen atoms in total. The van der Waals surface area contributed by atoms with E-state index in [1.165, 1.54) is 4.88 Å². The van der Waals surface area contributed by atoms with Gasteiger partial charge in [-0.15, -0.1) is 11.3 Å². The molecular formula is C14H22N4OS. The molecule has 0 aliphatic carbocycles. The van der Waals surface area contributed by atoms with Crippen molar-refractivity contribution >= 4 is 33.3 Å². The third-order valence-electron chi connectivity index (χ3n) is 3.24. The van der Waals surface area contributed by atoms with Crippen LogP contribution in [0, 0.1) is 0 Å². The van der Waals surface area contributed by atoms with Gasteiger partial charge in [0, 0.05) is 18.0 Å². The zero-order chi connectivity index (χ0) is 14.5. The van der Waals surface area contributed by atoms with Crippen LogP contribution in [0.25, 0.3) is 10.2 Å². The largest absolute Gasteiger partial charge is 0.395 e. The van der Waals surface area contributed by atoms with Crippen molar-refractivity contribution in [2.24, 2.45) is 0 Å². The van der Waals surface area contributed by atoms with E-state index in [-0.39, 0.29) is 6.61 Å². The fraction of sp³-hybridized carbons (Fsp3) is 0.571. The van der Waals surface area contributed by atoms with Crippen LogP contribution in [-0.4, -0.2) is 34.8 Å². The van der Waals surface area contributed by atoms with Crippen LogP contribution in [0.1, 0.15) is 31.6 Å². The summed E-state index contributed by atoms with van der Waals surface area (Å²) in [5.41, 5.74) is 5.83. The predicted molar refractivity (Wildman–Crippen MR) is 85.4 cm³/mol. The van der Waals surface area contributed by atoms with Gasteiger partial charge in [0.25, 0.3) is 0 Å². The Morgan fingerprint density at radius 3 is 2.75 bits per heavy atom. The standard InChI is InChI=1S/C14H22N4OS/c1-3-5-6-18(7-8-19)12-11-9-10(4-2)20-13(11)17-14(15)16-12/h9,19H,3-8H2,1-2H3,(H2,15,16,17). The van der Waals surface area contributed by atoms with E-state index in [2.05, 4.69) is 34.8 Å². The lowest BCUT2D eigenvalue weighted by molar-refractivity contribution is 0.301. The van der Waals surface area contributed by atoms with Gasteiger partial charge < -0.3 is 15.7 Å². The van der Waals surface area contributed by atoms with Crippen LogP contribution in [-0.2, 0) is 6.42 Å². The molecule has 0 fully saturated rings. The van der Waals surface area contributed by atoms with Crippen molar-refractivity contribution in [2.75, 3.05) is 30.3 Å². The monoisotopic (exact) mass is 294 g/mol. The molecule has 2 aromatic rings. The Labute approximate surface area is 123 Å². The summed E-state index contributed by atoms with van der Waals surface area (Å²) in [5.74, 6) is 1.15. The maximum Gasteiger partial charge on any atom is 0.223 e. The van der Waals surface area contributed by atoms with Crippen molar-refractivity contribution in [1.82, 2.24) is 9.97 Å². The number of thiophene rings is 1. The normalized spacial score (nSPS) is 11.2. The first kappa shape index (κ1) is 15.0. The zero-order valence-corrected chi connectivity index (χ0v) is 12.9. The number of rotatable bonds is 7. The van der Waals surface area contributed by atoms with E-state index in [9.17, 15) is 5.11 Å². The molecule has 0 aromatic carbocycles.